The van der Waals surface area contributed by atoms with Crippen molar-refractivity contribution in [2.75, 3.05) is 13.1 Å². The van der Waals surface area contributed by atoms with E-state index in [-0.39, 0.29) is 0 Å². The average Bonchev–Trinajstić information content (AvgIpc) is 2.89. The first-order valence-electron chi connectivity index (χ1n) is 9.23. The van der Waals surface area contributed by atoms with Gasteiger partial charge in [0.2, 0.25) is 0 Å². The van der Waals surface area contributed by atoms with Crippen molar-refractivity contribution in [1.82, 2.24) is 14.9 Å². The van der Waals surface area contributed by atoms with Crippen molar-refractivity contribution in [3.8, 4) is 0 Å². The largest absolute Gasteiger partial charge is 0.390 e. The van der Waals surface area contributed by atoms with Gasteiger partial charge in [-0.1, -0.05) is 33.6 Å². The first-order valence-corrected chi connectivity index (χ1v) is 9.23. The predicted molar refractivity (Wildman–Crippen MR) is 97.7 cm³/mol. The Morgan fingerprint density at radius 1 is 1.17 bits per heavy atom. The van der Waals surface area contributed by atoms with E-state index < -0.39 is 5.60 Å². The minimum absolute atomic E-state index is 0.489. The van der Waals surface area contributed by atoms with Crippen LogP contribution in [-0.2, 0) is 6.54 Å². The fourth-order valence-electron chi connectivity index (χ4n) is 2.89. The monoisotopic (exact) mass is 323 g/mol. The van der Waals surface area contributed by atoms with Crippen molar-refractivity contribution in [3.05, 3.63) is 18.2 Å². The number of rotatable bonds is 12. The van der Waals surface area contributed by atoms with Gasteiger partial charge in [0.25, 0.3) is 0 Å². The normalized spacial score (nSPS) is 13.7. The summed E-state index contributed by atoms with van der Waals surface area (Å²) in [5.74, 6) is 2.40. The molecule has 1 aromatic rings. The fourth-order valence-corrected chi connectivity index (χ4v) is 2.89. The van der Waals surface area contributed by atoms with Crippen LogP contribution in [-0.4, -0.2) is 33.3 Å². The van der Waals surface area contributed by atoms with Crippen LogP contribution in [0.15, 0.2) is 12.4 Å². The van der Waals surface area contributed by atoms with Gasteiger partial charge >= 0.3 is 0 Å². The highest BCUT2D eigenvalue weighted by atomic mass is 16.3. The van der Waals surface area contributed by atoms with Crippen LogP contribution < -0.4 is 5.32 Å². The first-order chi connectivity index (χ1) is 10.8. The number of nitrogens with one attached hydrogen (secondary N) is 1. The molecule has 0 aliphatic carbocycles. The third kappa shape index (κ3) is 9.11. The maximum absolute atomic E-state index is 9.72. The first kappa shape index (κ1) is 20.2. The van der Waals surface area contributed by atoms with E-state index in [0.29, 0.717) is 5.92 Å². The molecule has 4 nitrogen and oxygen atoms in total. The van der Waals surface area contributed by atoms with Crippen LogP contribution in [0.5, 0.6) is 0 Å². The molecule has 1 unspecified atom stereocenters. The summed E-state index contributed by atoms with van der Waals surface area (Å²) in [6, 6.07) is 0. The van der Waals surface area contributed by atoms with Gasteiger partial charge in [-0.05, 0) is 52.1 Å². The lowest BCUT2D eigenvalue weighted by Gasteiger charge is -2.18. The number of hydrogen-bond donors (Lipinski definition) is 2. The number of nitrogens with zero attached hydrogens (tertiary/aromatic N) is 2. The van der Waals surface area contributed by atoms with Gasteiger partial charge in [0.15, 0.2) is 0 Å². The van der Waals surface area contributed by atoms with E-state index in [1.54, 1.807) is 0 Å². The Kier molecular flexibility index (Phi) is 8.85. The maximum atomic E-state index is 9.72. The summed E-state index contributed by atoms with van der Waals surface area (Å²) in [5, 5.41) is 13.3. The molecule has 0 spiro atoms. The molecule has 0 saturated heterocycles. The zero-order chi connectivity index (χ0) is 17.3. The minimum atomic E-state index is -0.514. The minimum Gasteiger partial charge on any atom is -0.390 e. The molecule has 0 fully saturated rings. The molecule has 0 aliphatic rings. The summed E-state index contributed by atoms with van der Waals surface area (Å²) >= 11 is 0. The van der Waals surface area contributed by atoms with Gasteiger partial charge in [0.05, 0.1) is 5.60 Å². The van der Waals surface area contributed by atoms with E-state index >= 15 is 0 Å². The number of hydrogen-bond acceptors (Lipinski definition) is 3. The van der Waals surface area contributed by atoms with Crippen LogP contribution in [0.2, 0.25) is 0 Å². The molecule has 134 valence electrons. The molecular formula is C19H37N3O. The highest BCUT2D eigenvalue weighted by Gasteiger charge is 2.12. The molecule has 1 aromatic heterocycles. The summed E-state index contributed by atoms with van der Waals surface area (Å²) in [7, 11) is 0. The predicted octanol–water partition coefficient (Wildman–Crippen LogP) is 3.95. The van der Waals surface area contributed by atoms with Crippen LogP contribution in [0, 0.1) is 5.92 Å². The number of aromatic nitrogens is 2. The lowest BCUT2D eigenvalue weighted by molar-refractivity contribution is 0.0669. The Bertz CT molecular complexity index is 420. The lowest BCUT2D eigenvalue weighted by atomic mass is 9.95. The molecule has 0 saturated carbocycles. The van der Waals surface area contributed by atoms with Gasteiger partial charge in [-0.15, -0.1) is 0 Å². The molecule has 0 amide bonds. The molecule has 1 rings (SSSR count). The molecule has 0 aliphatic heterocycles. The third-order valence-corrected chi connectivity index (χ3v) is 4.32. The standard InChI is InChI=1S/C19H37N3O/c1-16(2)18-21-13-15-22(18)14-7-11-20-12-9-17(3)8-6-10-19(4,5)23/h13,15-17,20,23H,6-12,14H2,1-5H3. The number of aliphatic hydroxyl groups is 1. The number of imidazole rings is 1. The summed E-state index contributed by atoms with van der Waals surface area (Å²) in [6.07, 6.45) is 9.56. The molecule has 0 radical (unpaired) electrons. The molecule has 4 heteroatoms. The van der Waals surface area contributed by atoms with Gasteiger partial charge < -0.3 is 15.0 Å². The SMILES string of the molecule is CC(CCCC(C)(C)O)CCNCCCn1ccnc1C(C)C. The third-order valence-electron chi connectivity index (χ3n) is 4.32. The zero-order valence-electron chi connectivity index (χ0n) is 15.8. The molecule has 0 bridgehead atoms. The van der Waals surface area contributed by atoms with Crippen LogP contribution >= 0.6 is 0 Å². The lowest BCUT2D eigenvalue weighted by Crippen LogP contribution is -2.21. The second-order valence-corrected chi connectivity index (χ2v) is 7.84. The molecular weight excluding hydrogens is 286 g/mol. The van der Waals surface area contributed by atoms with E-state index in [9.17, 15) is 5.11 Å². The van der Waals surface area contributed by atoms with Gasteiger partial charge in [0, 0.05) is 24.9 Å². The van der Waals surface area contributed by atoms with Gasteiger partial charge in [0.1, 0.15) is 5.82 Å². The van der Waals surface area contributed by atoms with Crippen molar-refractivity contribution in [3.63, 3.8) is 0 Å². The van der Waals surface area contributed by atoms with Crippen molar-refractivity contribution in [2.45, 2.75) is 84.8 Å². The molecule has 23 heavy (non-hydrogen) atoms. The molecule has 2 N–H and O–H groups in total. The van der Waals surface area contributed by atoms with Gasteiger partial charge in [-0.25, -0.2) is 4.98 Å². The van der Waals surface area contributed by atoms with Gasteiger partial charge in [-0.3, -0.25) is 0 Å². The summed E-state index contributed by atoms with van der Waals surface area (Å²) in [6.45, 7) is 13.7. The number of aryl methyl sites for hydroxylation is 1. The molecule has 1 atom stereocenters. The van der Waals surface area contributed by atoms with Crippen LogP contribution in [0.3, 0.4) is 0 Å². The van der Waals surface area contributed by atoms with Crippen LogP contribution in [0.1, 0.15) is 78.5 Å². The van der Waals surface area contributed by atoms with E-state index in [0.717, 1.165) is 44.8 Å². The van der Waals surface area contributed by atoms with Crippen molar-refractivity contribution in [2.24, 2.45) is 5.92 Å². The van der Waals surface area contributed by atoms with E-state index in [2.05, 4.69) is 41.8 Å². The average molecular weight is 324 g/mol. The fraction of sp³-hybridized carbons (Fsp3) is 0.842. The van der Waals surface area contributed by atoms with Crippen LogP contribution in [0.25, 0.3) is 0 Å². The zero-order valence-corrected chi connectivity index (χ0v) is 15.8. The topological polar surface area (TPSA) is 50.1 Å². The van der Waals surface area contributed by atoms with Crippen LogP contribution in [0.4, 0.5) is 0 Å². The Balaban J connectivity index is 2.04. The van der Waals surface area contributed by atoms with Crippen molar-refractivity contribution in [1.29, 1.82) is 0 Å². The quantitative estimate of drug-likeness (QED) is 0.573. The van der Waals surface area contributed by atoms with Crippen molar-refractivity contribution >= 4 is 0 Å². The van der Waals surface area contributed by atoms with Gasteiger partial charge in [-0.2, -0.15) is 0 Å². The Hall–Kier alpha value is -0.870. The summed E-state index contributed by atoms with van der Waals surface area (Å²) in [5.41, 5.74) is -0.514. The Morgan fingerprint density at radius 2 is 1.91 bits per heavy atom. The Morgan fingerprint density at radius 3 is 2.57 bits per heavy atom. The smallest absolute Gasteiger partial charge is 0.111 e. The highest BCUT2D eigenvalue weighted by molar-refractivity contribution is 4.97. The van der Waals surface area contributed by atoms with E-state index in [1.165, 1.54) is 18.7 Å². The summed E-state index contributed by atoms with van der Waals surface area (Å²) < 4.78 is 2.27. The summed E-state index contributed by atoms with van der Waals surface area (Å²) in [4.78, 5) is 4.42. The Labute approximate surface area is 142 Å². The van der Waals surface area contributed by atoms with E-state index in [4.69, 9.17) is 0 Å². The highest BCUT2D eigenvalue weighted by Crippen LogP contribution is 2.17. The van der Waals surface area contributed by atoms with E-state index in [1.807, 2.05) is 20.0 Å². The molecule has 1 heterocycles. The van der Waals surface area contributed by atoms with Crippen molar-refractivity contribution < 1.29 is 5.11 Å². The second kappa shape index (κ2) is 10.1. The molecule has 0 aromatic carbocycles. The second-order valence-electron chi connectivity index (χ2n) is 7.84. The maximum Gasteiger partial charge on any atom is 0.111 e.